The average molecular weight is 485 g/mol. The van der Waals surface area contributed by atoms with Crippen LogP contribution in [0.2, 0.25) is 0 Å². The van der Waals surface area contributed by atoms with Crippen LogP contribution in [0.4, 0.5) is 11.4 Å². The molecule has 182 valence electrons. The molecule has 0 bridgehead atoms. The highest BCUT2D eigenvalue weighted by Crippen LogP contribution is 2.33. The molecular weight excluding hydrogens is 460 g/mol. The van der Waals surface area contributed by atoms with Crippen molar-refractivity contribution in [3.63, 3.8) is 0 Å². The molecule has 1 fully saturated rings. The van der Waals surface area contributed by atoms with Crippen LogP contribution in [0.25, 0.3) is 22.8 Å². The minimum Gasteiger partial charge on any atom is -0.497 e. The smallest absolute Gasteiger partial charge is 0.258 e. The van der Waals surface area contributed by atoms with Crippen LogP contribution < -0.4 is 19.7 Å². The number of nitrogens with one attached hydrogen (secondary N) is 1. The lowest BCUT2D eigenvalue weighted by atomic mass is 10.1. The molecule has 0 spiro atoms. The van der Waals surface area contributed by atoms with Crippen molar-refractivity contribution in [2.75, 3.05) is 31.0 Å². The Kier molecular flexibility index (Phi) is 6.36. The van der Waals surface area contributed by atoms with E-state index in [1.54, 1.807) is 43.4 Å². The van der Waals surface area contributed by atoms with Crippen molar-refractivity contribution in [1.82, 2.24) is 10.1 Å². The molecule has 2 amide bonds. The molecule has 1 N–H and O–H groups in total. The largest absolute Gasteiger partial charge is 0.497 e. The van der Waals surface area contributed by atoms with Crippen molar-refractivity contribution in [1.29, 1.82) is 0 Å². The molecule has 2 heterocycles. The number of anilines is 2. The minimum absolute atomic E-state index is 0.120. The fraction of sp³-hybridized carbons (Fsp3) is 0.185. The number of carbonyl (C=O) groups excluding carboxylic acids is 2. The maximum absolute atomic E-state index is 13.0. The number of methoxy groups -OCH3 is 2. The molecule has 9 nitrogen and oxygen atoms in total. The Hall–Kier alpha value is -4.66. The number of hydrogen-bond acceptors (Lipinski definition) is 7. The molecule has 0 aliphatic carbocycles. The second kappa shape index (κ2) is 9.91. The summed E-state index contributed by atoms with van der Waals surface area (Å²) in [5.41, 5.74) is 2.69. The molecular formula is C27H24N4O5. The first-order valence-electron chi connectivity index (χ1n) is 11.4. The Balaban J connectivity index is 1.28. The van der Waals surface area contributed by atoms with Gasteiger partial charge in [-0.05, 0) is 54.6 Å². The van der Waals surface area contributed by atoms with E-state index in [0.717, 1.165) is 11.3 Å². The number of rotatable bonds is 7. The Morgan fingerprint density at radius 1 is 1.00 bits per heavy atom. The molecule has 1 aliphatic rings. The first kappa shape index (κ1) is 23.1. The van der Waals surface area contributed by atoms with Crippen molar-refractivity contribution in [2.45, 2.75) is 6.42 Å². The molecule has 9 heteroatoms. The molecule has 5 rings (SSSR count). The number of hydrogen-bond donors (Lipinski definition) is 1. The molecule has 1 saturated heterocycles. The van der Waals surface area contributed by atoms with Crippen molar-refractivity contribution < 1.29 is 23.6 Å². The van der Waals surface area contributed by atoms with Crippen LogP contribution in [0.5, 0.6) is 11.5 Å². The number of nitrogens with zero attached hydrogens (tertiary/aromatic N) is 3. The van der Waals surface area contributed by atoms with Crippen molar-refractivity contribution in [3.05, 3.63) is 72.8 Å². The lowest BCUT2D eigenvalue weighted by molar-refractivity contribution is -0.122. The van der Waals surface area contributed by atoms with Gasteiger partial charge in [-0.3, -0.25) is 9.59 Å². The van der Waals surface area contributed by atoms with Gasteiger partial charge >= 0.3 is 0 Å². The Morgan fingerprint density at radius 2 is 1.81 bits per heavy atom. The van der Waals surface area contributed by atoms with E-state index in [1.807, 2.05) is 48.5 Å². The second-order valence-corrected chi connectivity index (χ2v) is 8.30. The second-order valence-electron chi connectivity index (χ2n) is 8.30. The van der Waals surface area contributed by atoms with E-state index < -0.39 is 5.92 Å². The zero-order chi connectivity index (χ0) is 25.1. The Bertz CT molecular complexity index is 1400. The lowest BCUT2D eigenvalue weighted by Crippen LogP contribution is -2.28. The third-order valence-electron chi connectivity index (χ3n) is 6.02. The van der Waals surface area contributed by atoms with Crippen LogP contribution in [0.15, 0.2) is 77.3 Å². The van der Waals surface area contributed by atoms with Gasteiger partial charge in [0, 0.05) is 29.8 Å². The van der Waals surface area contributed by atoms with Gasteiger partial charge in [0.2, 0.25) is 17.6 Å². The predicted octanol–water partition coefficient (Wildman–Crippen LogP) is 4.41. The van der Waals surface area contributed by atoms with Crippen LogP contribution in [0, 0.1) is 5.92 Å². The number of para-hydroxylation sites is 2. The molecule has 3 aromatic carbocycles. The minimum atomic E-state index is -0.490. The van der Waals surface area contributed by atoms with Gasteiger partial charge in [0.1, 0.15) is 11.5 Å². The summed E-state index contributed by atoms with van der Waals surface area (Å²) in [6.07, 6.45) is 0.123. The van der Waals surface area contributed by atoms with Crippen LogP contribution in [-0.2, 0) is 9.59 Å². The molecule has 0 saturated carbocycles. The van der Waals surface area contributed by atoms with Gasteiger partial charge in [-0.25, -0.2) is 0 Å². The molecule has 1 aliphatic heterocycles. The maximum Gasteiger partial charge on any atom is 0.258 e. The van der Waals surface area contributed by atoms with E-state index in [4.69, 9.17) is 14.0 Å². The monoisotopic (exact) mass is 484 g/mol. The number of amides is 2. The highest BCUT2D eigenvalue weighted by atomic mass is 16.5. The number of ether oxygens (including phenoxy) is 2. The van der Waals surface area contributed by atoms with Gasteiger partial charge in [0.05, 0.1) is 25.8 Å². The fourth-order valence-corrected chi connectivity index (χ4v) is 4.14. The van der Waals surface area contributed by atoms with Crippen LogP contribution in [0.1, 0.15) is 6.42 Å². The first-order valence-corrected chi connectivity index (χ1v) is 11.4. The molecule has 0 radical (unpaired) electrons. The van der Waals surface area contributed by atoms with Crippen molar-refractivity contribution >= 4 is 23.2 Å². The number of carbonyl (C=O) groups is 2. The summed E-state index contributed by atoms with van der Waals surface area (Å²) in [5.74, 6) is 1.26. The van der Waals surface area contributed by atoms with E-state index in [1.165, 1.54) is 0 Å². The highest BCUT2D eigenvalue weighted by Gasteiger charge is 2.36. The third-order valence-corrected chi connectivity index (χ3v) is 6.02. The third kappa shape index (κ3) is 4.63. The molecule has 36 heavy (non-hydrogen) atoms. The Labute approximate surface area is 207 Å². The zero-order valence-electron chi connectivity index (χ0n) is 19.8. The normalized spacial score (nSPS) is 15.1. The maximum atomic E-state index is 13.0. The summed E-state index contributed by atoms with van der Waals surface area (Å²) in [5, 5.41) is 6.98. The summed E-state index contributed by atoms with van der Waals surface area (Å²) < 4.78 is 16.0. The molecule has 4 aromatic rings. The van der Waals surface area contributed by atoms with Crippen molar-refractivity contribution in [3.8, 4) is 34.3 Å². The summed E-state index contributed by atoms with van der Waals surface area (Å²) in [6.45, 7) is 0.277. The van der Waals surface area contributed by atoms with E-state index in [2.05, 4.69) is 15.5 Å². The highest BCUT2D eigenvalue weighted by molar-refractivity contribution is 6.04. The summed E-state index contributed by atoms with van der Waals surface area (Å²) in [7, 11) is 3.16. The van der Waals surface area contributed by atoms with E-state index >= 15 is 0 Å². The van der Waals surface area contributed by atoms with Crippen molar-refractivity contribution in [2.24, 2.45) is 5.92 Å². The van der Waals surface area contributed by atoms with Gasteiger partial charge in [-0.15, -0.1) is 0 Å². The molecule has 0 unspecified atom stereocenters. The van der Waals surface area contributed by atoms with Crippen LogP contribution in [-0.4, -0.2) is 42.7 Å². The van der Waals surface area contributed by atoms with Crippen LogP contribution >= 0.6 is 0 Å². The molecule has 1 aromatic heterocycles. The molecule has 1 atom stereocenters. The topological polar surface area (TPSA) is 107 Å². The summed E-state index contributed by atoms with van der Waals surface area (Å²) in [6, 6.07) is 21.8. The van der Waals surface area contributed by atoms with Gasteiger partial charge in [0.25, 0.3) is 5.89 Å². The zero-order valence-corrected chi connectivity index (χ0v) is 19.8. The first-order chi connectivity index (χ1) is 17.6. The van der Waals surface area contributed by atoms with Gasteiger partial charge in [-0.2, -0.15) is 4.98 Å². The lowest BCUT2D eigenvalue weighted by Gasteiger charge is -2.19. The Morgan fingerprint density at radius 3 is 2.58 bits per heavy atom. The number of benzene rings is 3. The van der Waals surface area contributed by atoms with E-state index in [-0.39, 0.29) is 24.8 Å². The fourth-order valence-electron chi connectivity index (χ4n) is 4.14. The average Bonchev–Trinajstić information content (AvgIpc) is 3.56. The summed E-state index contributed by atoms with van der Waals surface area (Å²) in [4.78, 5) is 31.7. The standard InChI is InChI=1S/C27H24N4O5/c1-34-21-12-10-17(11-13-21)25-29-27(36-30-25)18-6-5-7-20(14-18)28-26(33)19-15-24(32)31(16-19)22-8-3-4-9-23(22)35-2/h3-14,19H,15-16H2,1-2H3,(H,28,33)/t19-/m0/s1. The van der Waals surface area contributed by atoms with Gasteiger partial charge in [0.15, 0.2) is 0 Å². The van der Waals surface area contributed by atoms with Gasteiger partial charge in [-0.1, -0.05) is 23.4 Å². The SMILES string of the molecule is COc1ccc(-c2noc(-c3cccc(NC(=O)[C@H]4CC(=O)N(c5ccccc5OC)C4)c3)n2)cc1. The van der Waals surface area contributed by atoms with Gasteiger partial charge < -0.3 is 24.2 Å². The van der Waals surface area contributed by atoms with E-state index in [9.17, 15) is 9.59 Å². The quantitative estimate of drug-likeness (QED) is 0.414. The van der Waals surface area contributed by atoms with E-state index in [0.29, 0.717) is 34.4 Å². The van der Waals surface area contributed by atoms with Crippen LogP contribution in [0.3, 0.4) is 0 Å². The number of aromatic nitrogens is 2. The predicted molar refractivity (Wildman–Crippen MR) is 134 cm³/mol. The summed E-state index contributed by atoms with van der Waals surface area (Å²) >= 11 is 0.